The van der Waals surface area contributed by atoms with E-state index in [2.05, 4.69) is 10.0 Å². The van der Waals surface area contributed by atoms with Gasteiger partial charge in [-0.05, 0) is 24.9 Å². The third-order valence-electron chi connectivity index (χ3n) is 2.91. The van der Waals surface area contributed by atoms with Crippen molar-refractivity contribution in [3.63, 3.8) is 0 Å². The van der Waals surface area contributed by atoms with Crippen molar-refractivity contribution in [3.8, 4) is 0 Å². The summed E-state index contributed by atoms with van der Waals surface area (Å²) in [6.07, 6.45) is 1.45. The maximum absolute atomic E-state index is 11.8. The van der Waals surface area contributed by atoms with Gasteiger partial charge in [-0.1, -0.05) is 30.3 Å². The quantitative estimate of drug-likeness (QED) is 0.848. The van der Waals surface area contributed by atoms with Crippen LogP contribution in [0.25, 0.3) is 0 Å². The zero-order valence-corrected chi connectivity index (χ0v) is 11.8. The van der Waals surface area contributed by atoms with Gasteiger partial charge in [0.05, 0.1) is 5.75 Å². The number of halogens is 1. The smallest absolute Gasteiger partial charge is 0.212 e. The Bertz CT molecular complexity index is 444. The minimum Gasteiger partial charge on any atom is -0.315 e. The molecule has 1 atom stereocenters. The molecule has 102 valence electrons. The van der Waals surface area contributed by atoms with Crippen LogP contribution in [-0.2, 0) is 16.4 Å². The van der Waals surface area contributed by atoms with Crippen LogP contribution >= 0.6 is 12.4 Å². The topological polar surface area (TPSA) is 58.2 Å². The van der Waals surface area contributed by atoms with E-state index in [0.717, 1.165) is 25.1 Å². The van der Waals surface area contributed by atoms with E-state index < -0.39 is 10.0 Å². The highest BCUT2D eigenvalue weighted by atomic mass is 35.5. The van der Waals surface area contributed by atoms with Gasteiger partial charge < -0.3 is 5.32 Å². The lowest BCUT2D eigenvalue weighted by molar-refractivity contribution is 0.559. The van der Waals surface area contributed by atoms with Gasteiger partial charge in [0.25, 0.3) is 0 Å². The van der Waals surface area contributed by atoms with Gasteiger partial charge in [-0.15, -0.1) is 12.4 Å². The van der Waals surface area contributed by atoms with E-state index in [4.69, 9.17) is 0 Å². The van der Waals surface area contributed by atoms with Crippen molar-refractivity contribution in [2.75, 3.05) is 18.8 Å². The summed E-state index contributed by atoms with van der Waals surface area (Å²) in [5.74, 6) is 0.160. The zero-order chi connectivity index (χ0) is 12.1. The molecule has 1 aromatic carbocycles. The Morgan fingerprint density at radius 3 is 2.61 bits per heavy atom. The van der Waals surface area contributed by atoms with E-state index in [0.29, 0.717) is 6.42 Å². The number of rotatable bonds is 5. The first-order valence-corrected chi connectivity index (χ1v) is 7.55. The van der Waals surface area contributed by atoms with E-state index in [1.165, 1.54) is 0 Å². The third kappa shape index (κ3) is 4.94. The maximum atomic E-state index is 11.8. The predicted octanol–water partition coefficient (Wildman–Crippen LogP) is 0.932. The van der Waals surface area contributed by atoms with E-state index >= 15 is 0 Å². The van der Waals surface area contributed by atoms with Crippen LogP contribution in [0.1, 0.15) is 12.0 Å². The van der Waals surface area contributed by atoms with Crippen molar-refractivity contribution in [2.24, 2.45) is 0 Å². The molecule has 0 amide bonds. The van der Waals surface area contributed by atoms with Crippen LogP contribution in [0.2, 0.25) is 0 Å². The molecule has 1 fully saturated rings. The molecule has 0 radical (unpaired) electrons. The molecule has 18 heavy (non-hydrogen) atoms. The molecule has 0 aliphatic carbocycles. The van der Waals surface area contributed by atoms with Gasteiger partial charge >= 0.3 is 0 Å². The van der Waals surface area contributed by atoms with E-state index in [9.17, 15) is 8.42 Å². The average molecular weight is 291 g/mol. The van der Waals surface area contributed by atoms with Gasteiger partial charge in [0.15, 0.2) is 0 Å². The molecule has 1 aromatic rings. The predicted molar refractivity (Wildman–Crippen MR) is 75.6 cm³/mol. The second-order valence-corrected chi connectivity index (χ2v) is 6.24. The second kappa shape index (κ2) is 7.09. The highest BCUT2D eigenvalue weighted by molar-refractivity contribution is 7.89. The molecule has 0 saturated carbocycles. The fraction of sp³-hybridized carbons (Fsp3) is 0.500. The largest absolute Gasteiger partial charge is 0.315 e. The van der Waals surface area contributed by atoms with Gasteiger partial charge in [-0.2, -0.15) is 0 Å². The molecule has 6 heteroatoms. The molecule has 1 aliphatic heterocycles. The summed E-state index contributed by atoms with van der Waals surface area (Å²) in [6.45, 7) is 1.64. The summed E-state index contributed by atoms with van der Waals surface area (Å²) in [6, 6.07) is 9.75. The summed E-state index contributed by atoms with van der Waals surface area (Å²) in [5.41, 5.74) is 1.06. The van der Waals surface area contributed by atoms with Gasteiger partial charge in [0.1, 0.15) is 0 Å². The number of sulfonamides is 1. The van der Waals surface area contributed by atoms with Crippen LogP contribution in [0.3, 0.4) is 0 Å². The Morgan fingerprint density at radius 2 is 2.00 bits per heavy atom. The van der Waals surface area contributed by atoms with Crippen molar-refractivity contribution in [2.45, 2.75) is 18.9 Å². The molecule has 4 nitrogen and oxygen atoms in total. The van der Waals surface area contributed by atoms with Crippen LogP contribution in [-0.4, -0.2) is 33.3 Å². The molecule has 0 aromatic heterocycles. The van der Waals surface area contributed by atoms with E-state index in [-0.39, 0.29) is 24.2 Å². The fourth-order valence-electron chi connectivity index (χ4n) is 1.96. The summed E-state index contributed by atoms with van der Waals surface area (Å²) in [7, 11) is -3.15. The normalized spacial score (nSPS) is 19.4. The van der Waals surface area contributed by atoms with Crippen molar-refractivity contribution < 1.29 is 8.42 Å². The van der Waals surface area contributed by atoms with Crippen LogP contribution < -0.4 is 10.0 Å². The van der Waals surface area contributed by atoms with Crippen molar-refractivity contribution in [1.82, 2.24) is 10.0 Å². The Kier molecular flexibility index (Phi) is 6.08. The monoisotopic (exact) mass is 290 g/mol. The summed E-state index contributed by atoms with van der Waals surface area (Å²) >= 11 is 0. The first-order valence-electron chi connectivity index (χ1n) is 5.90. The molecule has 0 bridgehead atoms. The van der Waals surface area contributed by atoms with Gasteiger partial charge in [0, 0.05) is 12.6 Å². The molecule has 0 spiro atoms. The lowest BCUT2D eigenvalue weighted by Gasteiger charge is -2.11. The van der Waals surface area contributed by atoms with Crippen molar-refractivity contribution in [3.05, 3.63) is 35.9 Å². The lowest BCUT2D eigenvalue weighted by Crippen LogP contribution is -2.38. The highest BCUT2D eigenvalue weighted by Gasteiger charge is 2.20. The van der Waals surface area contributed by atoms with Crippen LogP contribution in [0, 0.1) is 0 Å². The minimum absolute atomic E-state index is 0. The summed E-state index contributed by atoms with van der Waals surface area (Å²) in [5, 5.41) is 3.14. The SMILES string of the molecule is Cl.O=S(=O)(CCc1ccccc1)NC1CCNC1. The molecular formula is C12H19ClN2O2S. The van der Waals surface area contributed by atoms with Crippen LogP contribution in [0.15, 0.2) is 30.3 Å². The zero-order valence-electron chi connectivity index (χ0n) is 10.1. The van der Waals surface area contributed by atoms with Crippen molar-refractivity contribution in [1.29, 1.82) is 0 Å². The molecular weight excluding hydrogens is 272 g/mol. The number of hydrogen-bond donors (Lipinski definition) is 2. The number of aryl methyl sites for hydroxylation is 1. The van der Waals surface area contributed by atoms with Crippen LogP contribution in [0.5, 0.6) is 0 Å². The first kappa shape index (κ1) is 15.4. The Labute approximate surface area is 115 Å². The van der Waals surface area contributed by atoms with Gasteiger partial charge in [0.2, 0.25) is 10.0 Å². The average Bonchev–Trinajstić information content (AvgIpc) is 2.80. The molecule has 1 aliphatic rings. The Morgan fingerprint density at radius 1 is 1.28 bits per heavy atom. The fourth-order valence-corrected chi connectivity index (χ4v) is 3.30. The molecule has 2 rings (SSSR count). The van der Waals surface area contributed by atoms with E-state index in [1.807, 2.05) is 30.3 Å². The third-order valence-corrected chi connectivity index (χ3v) is 4.34. The minimum atomic E-state index is -3.15. The summed E-state index contributed by atoms with van der Waals surface area (Å²) < 4.78 is 26.4. The number of hydrogen-bond acceptors (Lipinski definition) is 3. The first-order chi connectivity index (χ1) is 8.16. The number of nitrogens with one attached hydrogen (secondary N) is 2. The van der Waals surface area contributed by atoms with Gasteiger partial charge in [-0.25, -0.2) is 13.1 Å². The second-order valence-electron chi connectivity index (χ2n) is 4.36. The summed E-state index contributed by atoms with van der Waals surface area (Å²) in [4.78, 5) is 0. The molecule has 2 N–H and O–H groups in total. The van der Waals surface area contributed by atoms with Crippen LogP contribution in [0.4, 0.5) is 0 Å². The Hall–Kier alpha value is -0.620. The molecule has 1 heterocycles. The number of benzene rings is 1. The molecule has 1 saturated heterocycles. The highest BCUT2D eigenvalue weighted by Crippen LogP contribution is 2.04. The lowest BCUT2D eigenvalue weighted by atomic mass is 10.2. The standard InChI is InChI=1S/C12H18N2O2S.ClH/c15-17(16,14-12-6-8-13-10-12)9-7-11-4-2-1-3-5-11;/h1-5,12-14H,6-10H2;1H. The molecule has 1 unspecified atom stereocenters. The van der Waals surface area contributed by atoms with E-state index in [1.54, 1.807) is 0 Å². The maximum Gasteiger partial charge on any atom is 0.212 e. The van der Waals surface area contributed by atoms with Crippen molar-refractivity contribution >= 4 is 22.4 Å². The van der Waals surface area contributed by atoms with Gasteiger partial charge in [-0.3, -0.25) is 0 Å². The Balaban J connectivity index is 0.00000162.